The zero-order valence-electron chi connectivity index (χ0n) is 41.7. The molecule has 2 aliphatic rings. The third-order valence-electron chi connectivity index (χ3n) is 12.1. The molecule has 2 fully saturated rings. The largest absolute Gasteiger partial charge is 0.507 e. The van der Waals surface area contributed by atoms with E-state index in [-0.39, 0.29) is 35.6 Å². The summed E-state index contributed by atoms with van der Waals surface area (Å²) in [6.45, 7) is 19.6. The Balaban J connectivity index is 1.62. The molecule has 0 bridgehead atoms. The second-order valence-electron chi connectivity index (χ2n) is 20.8. The lowest BCUT2D eigenvalue weighted by Crippen LogP contribution is -2.64. The second-order valence-corrected chi connectivity index (χ2v) is 20.8. The van der Waals surface area contributed by atoms with Gasteiger partial charge in [-0.15, -0.1) is 0 Å². The molecule has 0 spiro atoms. The third kappa shape index (κ3) is 18.5. The number of ether oxygens (including phenoxy) is 7. The summed E-state index contributed by atoms with van der Waals surface area (Å²) in [5.74, 6) is 5.06. The number of phenolic OH excluding ortho intramolecular Hbond substituents is 1. The standard InChI is InChI=1S/C49H87N3O15/c1-10-12-14-16-18-20-61-28-49(9,29-62-21-19-17-15-13-11-2)30-63-26-32(50)24-52(51)25-35-38(54)40(56)42(58)45(65-35)67-46-43(59)41(57)39(55)36(66-46)27-64-44(60)33-22-31(47(3,4)5)23-34(37(33)53)48(6,7)8/h22-24,35-36,38-43,45-46,53-59H,10-21,25-30,50-51H2,1-9H3/b32-24-. The average molecular weight is 958 g/mol. The smallest absolute Gasteiger partial charge is 0.342 e. The molecule has 18 heteroatoms. The number of unbranched alkanes of at least 4 members (excludes halogenated alkanes) is 8. The molecule has 10 unspecified atom stereocenters. The van der Waals surface area contributed by atoms with Crippen molar-refractivity contribution in [3.63, 3.8) is 0 Å². The number of phenols is 1. The Morgan fingerprint density at radius 1 is 0.687 bits per heavy atom. The molecule has 1 aromatic rings. The third-order valence-corrected chi connectivity index (χ3v) is 12.1. The first kappa shape index (κ1) is 58.6. The lowest BCUT2D eigenvalue weighted by molar-refractivity contribution is -0.375. The summed E-state index contributed by atoms with van der Waals surface area (Å²) in [7, 11) is 0. The summed E-state index contributed by atoms with van der Waals surface area (Å²) in [6, 6.07) is 3.38. The van der Waals surface area contributed by atoms with Crippen LogP contribution in [0.15, 0.2) is 24.0 Å². The Labute approximate surface area is 398 Å². The van der Waals surface area contributed by atoms with Gasteiger partial charge in [-0.25, -0.2) is 10.6 Å². The Hall–Kier alpha value is -2.69. The lowest BCUT2D eigenvalue weighted by Gasteiger charge is -2.45. The van der Waals surface area contributed by atoms with Crippen LogP contribution in [0.25, 0.3) is 0 Å². The summed E-state index contributed by atoms with van der Waals surface area (Å²) < 4.78 is 40.9. The van der Waals surface area contributed by atoms with Crippen LogP contribution in [0.5, 0.6) is 5.75 Å². The Morgan fingerprint density at radius 3 is 1.69 bits per heavy atom. The molecule has 0 saturated carbocycles. The van der Waals surface area contributed by atoms with Gasteiger partial charge in [-0.1, -0.05) is 120 Å². The number of nitrogens with zero attached hydrogens (tertiary/aromatic N) is 1. The van der Waals surface area contributed by atoms with E-state index in [1.807, 2.05) is 54.5 Å². The van der Waals surface area contributed by atoms with Gasteiger partial charge in [0.1, 0.15) is 66.8 Å². The van der Waals surface area contributed by atoms with Crippen molar-refractivity contribution in [3.05, 3.63) is 40.7 Å². The fraction of sp³-hybridized carbons (Fsp3) is 0.816. The molecule has 388 valence electrons. The van der Waals surface area contributed by atoms with Crippen LogP contribution in [-0.4, -0.2) is 161 Å². The van der Waals surface area contributed by atoms with Crippen LogP contribution in [0.4, 0.5) is 0 Å². The normalized spacial score (nSPS) is 26.5. The molecule has 11 N–H and O–H groups in total. The molecule has 2 aliphatic heterocycles. The van der Waals surface area contributed by atoms with Gasteiger partial charge in [-0.05, 0) is 35.3 Å². The van der Waals surface area contributed by atoms with E-state index < -0.39 is 84.8 Å². The van der Waals surface area contributed by atoms with E-state index in [1.54, 1.807) is 0 Å². The van der Waals surface area contributed by atoms with Gasteiger partial charge >= 0.3 is 5.97 Å². The fourth-order valence-electron chi connectivity index (χ4n) is 7.81. The minimum atomic E-state index is -1.90. The Bertz CT molecular complexity index is 1620. The number of hydrazine groups is 1. The molecule has 2 heterocycles. The average Bonchev–Trinajstić information content (AvgIpc) is 3.25. The van der Waals surface area contributed by atoms with E-state index in [1.165, 1.54) is 50.8 Å². The molecular weight excluding hydrogens is 871 g/mol. The monoisotopic (exact) mass is 958 g/mol. The highest BCUT2D eigenvalue weighted by Gasteiger charge is 2.50. The molecule has 10 atom stereocenters. The fourth-order valence-corrected chi connectivity index (χ4v) is 7.81. The lowest BCUT2D eigenvalue weighted by atomic mass is 9.79. The number of benzene rings is 1. The number of aliphatic hydroxyl groups is 6. The summed E-state index contributed by atoms with van der Waals surface area (Å²) in [5, 5.41) is 77.3. The van der Waals surface area contributed by atoms with E-state index in [0.717, 1.165) is 36.3 Å². The molecule has 0 radical (unpaired) electrons. The van der Waals surface area contributed by atoms with Crippen LogP contribution in [0.1, 0.15) is 148 Å². The molecule has 67 heavy (non-hydrogen) atoms. The van der Waals surface area contributed by atoms with Gasteiger partial charge < -0.3 is 79.6 Å². The number of esters is 1. The van der Waals surface area contributed by atoms with Crippen molar-refractivity contribution in [3.8, 4) is 5.75 Å². The second kappa shape index (κ2) is 27.6. The number of nitrogens with two attached hydrogens (primary N) is 2. The van der Waals surface area contributed by atoms with Crippen LogP contribution in [0.2, 0.25) is 0 Å². The molecule has 0 aliphatic carbocycles. The van der Waals surface area contributed by atoms with Crippen LogP contribution in [0, 0.1) is 5.41 Å². The maximum atomic E-state index is 13.5. The Morgan fingerprint density at radius 2 is 1.18 bits per heavy atom. The topological polar surface area (TPSA) is 279 Å². The van der Waals surface area contributed by atoms with Crippen molar-refractivity contribution >= 4 is 5.97 Å². The molecule has 1 aromatic carbocycles. The van der Waals surface area contributed by atoms with Crippen molar-refractivity contribution in [2.24, 2.45) is 17.0 Å². The summed E-state index contributed by atoms with van der Waals surface area (Å²) in [5.41, 5.74) is 6.36. The minimum absolute atomic E-state index is 0.00244. The maximum absolute atomic E-state index is 13.5. The first-order chi connectivity index (χ1) is 31.4. The van der Waals surface area contributed by atoms with Gasteiger partial charge in [-0.3, -0.25) is 0 Å². The Kier molecular flexibility index (Phi) is 24.2. The van der Waals surface area contributed by atoms with E-state index in [4.69, 9.17) is 44.7 Å². The van der Waals surface area contributed by atoms with E-state index in [9.17, 15) is 40.5 Å². The number of aliphatic hydroxyl groups excluding tert-OH is 6. The van der Waals surface area contributed by atoms with Gasteiger partial charge in [0.05, 0.1) is 38.7 Å². The van der Waals surface area contributed by atoms with Gasteiger partial charge in [0.2, 0.25) is 0 Å². The molecule has 18 nitrogen and oxygen atoms in total. The zero-order valence-corrected chi connectivity index (χ0v) is 41.7. The highest BCUT2D eigenvalue weighted by molar-refractivity contribution is 5.93. The molecule has 3 rings (SSSR count). The number of carbonyl (C=O) groups excluding carboxylic acids is 1. The predicted molar refractivity (Wildman–Crippen MR) is 251 cm³/mol. The van der Waals surface area contributed by atoms with E-state index >= 15 is 0 Å². The number of hydrogen-bond donors (Lipinski definition) is 9. The van der Waals surface area contributed by atoms with Crippen LogP contribution >= 0.6 is 0 Å². The zero-order chi connectivity index (χ0) is 50.1. The van der Waals surface area contributed by atoms with E-state index in [0.29, 0.717) is 38.6 Å². The van der Waals surface area contributed by atoms with Crippen molar-refractivity contribution < 1.29 is 73.7 Å². The van der Waals surface area contributed by atoms with Crippen molar-refractivity contribution in [1.82, 2.24) is 5.01 Å². The first-order valence-corrected chi connectivity index (χ1v) is 24.2. The molecule has 0 amide bonds. The van der Waals surface area contributed by atoms with E-state index in [2.05, 4.69) is 13.8 Å². The molecule has 2 saturated heterocycles. The molecule has 0 aromatic heterocycles. The van der Waals surface area contributed by atoms with Gasteiger partial charge in [-0.2, -0.15) is 0 Å². The maximum Gasteiger partial charge on any atom is 0.342 e. The summed E-state index contributed by atoms with van der Waals surface area (Å²) in [6.07, 6.45) is -4.45. The number of carbonyl (C=O) groups is 1. The predicted octanol–water partition coefficient (Wildman–Crippen LogP) is 3.75. The molecular formula is C49H87N3O15. The SMILES string of the molecule is CCCCCCCOCC(C)(COCCCCCCC)COC/C(N)=C/N(N)CC1OC(OC2OC(COC(=O)c3cc(C(C)(C)C)cc(C(C)(C)C)c3O)C(O)C(O)C2O)C(O)C(O)C1O. The van der Waals surface area contributed by atoms with Gasteiger partial charge in [0.25, 0.3) is 0 Å². The van der Waals surface area contributed by atoms with Gasteiger partial charge in [0.15, 0.2) is 12.6 Å². The van der Waals surface area contributed by atoms with Crippen LogP contribution < -0.4 is 11.6 Å². The first-order valence-electron chi connectivity index (χ1n) is 24.2. The summed E-state index contributed by atoms with van der Waals surface area (Å²) >= 11 is 0. The number of rotatable bonds is 28. The van der Waals surface area contributed by atoms with Crippen LogP contribution in [0.3, 0.4) is 0 Å². The van der Waals surface area contributed by atoms with Crippen LogP contribution in [-0.2, 0) is 44.0 Å². The van der Waals surface area contributed by atoms with Gasteiger partial charge in [0, 0.05) is 30.4 Å². The van der Waals surface area contributed by atoms with Crippen molar-refractivity contribution in [2.45, 2.75) is 199 Å². The minimum Gasteiger partial charge on any atom is -0.507 e. The highest BCUT2D eigenvalue weighted by Crippen LogP contribution is 2.38. The van der Waals surface area contributed by atoms with Crippen molar-refractivity contribution in [1.29, 1.82) is 0 Å². The van der Waals surface area contributed by atoms with Crippen molar-refractivity contribution in [2.75, 3.05) is 52.8 Å². The quantitative estimate of drug-likeness (QED) is 0.0250. The number of aromatic hydroxyl groups is 1. The number of hydrogen-bond acceptors (Lipinski definition) is 18. The summed E-state index contributed by atoms with van der Waals surface area (Å²) in [4.78, 5) is 13.5. The highest BCUT2D eigenvalue weighted by atomic mass is 16.8.